The summed E-state index contributed by atoms with van der Waals surface area (Å²) in [6.45, 7) is 5.13. The smallest absolute Gasteiger partial charge is 0.370 e. The maximum atomic E-state index is 12.0. The van der Waals surface area contributed by atoms with Crippen molar-refractivity contribution in [1.82, 2.24) is 0 Å². The van der Waals surface area contributed by atoms with Crippen LogP contribution >= 0.6 is 0 Å². The van der Waals surface area contributed by atoms with Gasteiger partial charge in [0.25, 0.3) is 0 Å². The van der Waals surface area contributed by atoms with Crippen molar-refractivity contribution in [3.05, 3.63) is 0 Å². The monoisotopic (exact) mass is 227 g/mol. The highest BCUT2D eigenvalue weighted by atomic mass is 28.3. The Kier molecular flexibility index (Phi) is 4.17. The first-order valence-electron chi connectivity index (χ1n) is 4.42. The Morgan fingerprint density at radius 3 is 2.14 bits per heavy atom. The Balaban J connectivity index is 4.27. The molecule has 0 fully saturated rings. The fraction of sp³-hybridized carbons (Fsp3) is 0.875. The van der Waals surface area contributed by atoms with E-state index >= 15 is 0 Å². The van der Waals surface area contributed by atoms with Crippen molar-refractivity contribution in [2.75, 3.05) is 0 Å². The number of rotatable bonds is 4. The molecule has 0 aliphatic heterocycles. The minimum atomic E-state index is -4.14. The topological polar surface area (TPSA) is 43.1 Å². The van der Waals surface area contributed by atoms with Gasteiger partial charge in [0.2, 0.25) is 5.91 Å². The highest BCUT2D eigenvalue weighted by Crippen LogP contribution is 2.31. The predicted molar refractivity (Wildman–Crippen MR) is 51.6 cm³/mol. The molecule has 0 aromatic heterocycles. The van der Waals surface area contributed by atoms with Crippen molar-refractivity contribution >= 4 is 14.0 Å². The van der Waals surface area contributed by atoms with Crippen molar-refractivity contribution in [2.24, 2.45) is 5.73 Å². The van der Waals surface area contributed by atoms with Crippen molar-refractivity contribution in [2.45, 2.75) is 44.2 Å². The van der Waals surface area contributed by atoms with Crippen molar-refractivity contribution < 1.29 is 18.0 Å². The van der Waals surface area contributed by atoms with Gasteiger partial charge < -0.3 is 5.73 Å². The molecule has 0 aromatic rings. The van der Waals surface area contributed by atoms with Crippen LogP contribution in [0.2, 0.25) is 24.7 Å². The van der Waals surface area contributed by atoms with E-state index in [1.54, 1.807) is 20.0 Å². The average molecular weight is 227 g/mol. The number of carbonyl (C=O) groups is 1. The van der Waals surface area contributed by atoms with Gasteiger partial charge in [-0.3, -0.25) is 4.79 Å². The van der Waals surface area contributed by atoms with E-state index in [1.165, 1.54) is 0 Å². The first-order chi connectivity index (χ1) is 6.06. The summed E-state index contributed by atoms with van der Waals surface area (Å²) in [5, 5.41) is 0. The molecule has 1 unspecified atom stereocenters. The van der Waals surface area contributed by atoms with Gasteiger partial charge in [0.05, 0.1) is 8.07 Å². The van der Waals surface area contributed by atoms with Gasteiger partial charge in [-0.1, -0.05) is 20.0 Å². The summed E-state index contributed by atoms with van der Waals surface area (Å²) in [5.74, 6) is -0.496. The molecule has 0 rings (SSSR count). The summed E-state index contributed by atoms with van der Waals surface area (Å²) >= 11 is 0. The maximum Gasteiger partial charge on any atom is 0.388 e. The van der Waals surface area contributed by atoms with Gasteiger partial charge in [-0.25, -0.2) is 0 Å². The molecule has 0 aliphatic carbocycles. The molecular weight excluding hydrogens is 211 g/mol. The first kappa shape index (κ1) is 13.5. The number of nitrogens with two attached hydrogens (primary N) is 1. The third kappa shape index (κ3) is 4.64. The van der Waals surface area contributed by atoms with Crippen molar-refractivity contribution in [3.63, 3.8) is 0 Å². The lowest BCUT2D eigenvalue weighted by Gasteiger charge is -2.27. The minimum Gasteiger partial charge on any atom is -0.370 e. The number of hydrogen-bond donors (Lipinski definition) is 1. The number of amides is 1. The third-order valence-corrected chi connectivity index (χ3v) is 6.82. The number of primary amides is 1. The molecule has 0 bridgehead atoms. The molecule has 0 saturated heterocycles. The zero-order valence-corrected chi connectivity index (χ0v) is 9.61. The average Bonchev–Trinajstić information content (AvgIpc) is 1.98. The SMILES string of the molecule is CC(C(N)=O)[Si](C)(C)CCC(F)(F)F. The van der Waals surface area contributed by atoms with E-state index < -0.39 is 32.1 Å². The Hall–Kier alpha value is -0.523. The summed E-state index contributed by atoms with van der Waals surface area (Å²) in [7, 11) is -2.17. The Labute approximate surface area is 82.7 Å². The molecule has 14 heavy (non-hydrogen) atoms. The van der Waals surface area contributed by atoms with Gasteiger partial charge in [-0.05, 0) is 6.04 Å². The maximum absolute atomic E-state index is 12.0. The molecule has 0 aromatic carbocycles. The van der Waals surface area contributed by atoms with Crippen LogP contribution in [0, 0.1) is 0 Å². The second-order valence-electron chi connectivity index (χ2n) is 4.23. The van der Waals surface area contributed by atoms with E-state index in [2.05, 4.69) is 0 Å². The molecule has 2 nitrogen and oxygen atoms in total. The zero-order valence-electron chi connectivity index (χ0n) is 8.61. The van der Waals surface area contributed by atoms with E-state index in [4.69, 9.17) is 5.73 Å². The van der Waals surface area contributed by atoms with Crippen LogP contribution in [0.15, 0.2) is 0 Å². The summed E-state index contributed by atoms with van der Waals surface area (Å²) in [6, 6.07) is 0.0562. The normalized spacial score (nSPS) is 15.3. The standard InChI is InChI=1S/C8H16F3NOSi/c1-6(7(12)13)14(2,3)5-4-8(9,10)11/h6H,4-5H2,1-3H3,(H2,12,13). The Bertz CT molecular complexity index is 215. The van der Waals surface area contributed by atoms with Gasteiger partial charge >= 0.3 is 6.18 Å². The first-order valence-corrected chi connectivity index (χ1v) is 7.71. The number of halogens is 3. The molecular formula is C8H16F3NOSi. The third-order valence-electron chi connectivity index (χ3n) is 2.65. The fourth-order valence-electron chi connectivity index (χ4n) is 1.07. The number of hydrogen-bond acceptors (Lipinski definition) is 1. The van der Waals surface area contributed by atoms with E-state index in [0.29, 0.717) is 0 Å². The Morgan fingerprint density at radius 2 is 1.86 bits per heavy atom. The van der Waals surface area contributed by atoms with Crippen LogP contribution in [-0.4, -0.2) is 20.2 Å². The summed E-state index contributed by atoms with van der Waals surface area (Å²) in [4.78, 5) is 10.8. The summed E-state index contributed by atoms with van der Waals surface area (Å²) in [6.07, 6.45) is -4.95. The van der Waals surface area contributed by atoms with Crippen LogP contribution in [0.3, 0.4) is 0 Å². The van der Waals surface area contributed by atoms with Gasteiger partial charge in [0.1, 0.15) is 0 Å². The molecule has 0 spiro atoms. The molecule has 0 radical (unpaired) electrons. The van der Waals surface area contributed by atoms with Gasteiger partial charge in [-0.15, -0.1) is 0 Å². The lowest BCUT2D eigenvalue weighted by atomic mass is 10.4. The predicted octanol–water partition coefficient (Wildman–Crippen LogP) is 2.52. The Morgan fingerprint density at radius 1 is 1.43 bits per heavy atom. The summed E-state index contributed by atoms with van der Waals surface area (Å²) < 4.78 is 35.9. The van der Waals surface area contributed by atoms with Crippen LogP contribution in [0.25, 0.3) is 0 Å². The lowest BCUT2D eigenvalue weighted by molar-refractivity contribution is -0.131. The van der Waals surface area contributed by atoms with E-state index in [9.17, 15) is 18.0 Å². The molecule has 1 amide bonds. The largest absolute Gasteiger partial charge is 0.388 e. The molecule has 0 heterocycles. The van der Waals surface area contributed by atoms with Gasteiger partial charge in [0, 0.05) is 12.0 Å². The van der Waals surface area contributed by atoms with Gasteiger partial charge in [-0.2, -0.15) is 13.2 Å². The van der Waals surface area contributed by atoms with Gasteiger partial charge in [0.15, 0.2) is 0 Å². The quantitative estimate of drug-likeness (QED) is 0.737. The lowest BCUT2D eigenvalue weighted by Crippen LogP contribution is -2.39. The second-order valence-corrected chi connectivity index (χ2v) is 9.57. The zero-order chi connectivity index (χ0) is 11.6. The minimum absolute atomic E-state index is 0.0562. The van der Waals surface area contributed by atoms with Crippen LogP contribution in [0.5, 0.6) is 0 Å². The highest BCUT2D eigenvalue weighted by molar-refractivity contribution is 6.81. The molecule has 0 aliphatic rings. The fourth-order valence-corrected chi connectivity index (χ4v) is 3.20. The van der Waals surface area contributed by atoms with E-state index in [0.717, 1.165) is 0 Å². The second kappa shape index (κ2) is 4.33. The van der Waals surface area contributed by atoms with Crippen LogP contribution < -0.4 is 5.73 Å². The summed E-state index contributed by atoms with van der Waals surface area (Å²) in [5.41, 5.74) is 4.66. The van der Waals surface area contributed by atoms with Crippen LogP contribution in [-0.2, 0) is 4.79 Å². The molecule has 2 N–H and O–H groups in total. The van der Waals surface area contributed by atoms with E-state index in [1.807, 2.05) is 0 Å². The van der Waals surface area contributed by atoms with Crippen LogP contribution in [0.1, 0.15) is 13.3 Å². The number of alkyl halides is 3. The highest BCUT2D eigenvalue weighted by Gasteiger charge is 2.37. The van der Waals surface area contributed by atoms with Crippen LogP contribution in [0.4, 0.5) is 13.2 Å². The number of carbonyl (C=O) groups excluding carboxylic acids is 1. The molecule has 0 saturated carbocycles. The molecule has 84 valence electrons. The molecule has 6 heteroatoms. The van der Waals surface area contributed by atoms with Crippen molar-refractivity contribution in [1.29, 1.82) is 0 Å². The molecule has 1 atom stereocenters. The van der Waals surface area contributed by atoms with E-state index in [-0.39, 0.29) is 6.04 Å². The van der Waals surface area contributed by atoms with Crippen molar-refractivity contribution in [3.8, 4) is 0 Å².